The summed E-state index contributed by atoms with van der Waals surface area (Å²) in [6.07, 6.45) is 2.34. The Bertz CT molecular complexity index is 1070. The zero-order chi connectivity index (χ0) is 22.5. The number of sulfonamides is 1. The highest BCUT2D eigenvalue weighted by atomic mass is 79.9. The maximum Gasteiger partial charge on any atom is 0.260 e. The molecular formula is C19H22BrN3O6S. The van der Waals surface area contributed by atoms with Crippen LogP contribution in [0.5, 0.6) is 17.2 Å². The van der Waals surface area contributed by atoms with Crippen molar-refractivity contribution in [3.05, 3.63) is 45.9 Å². The molecule has 2 N–H and O–H groups in total. The summed E-state index contributed by atoms with van der Waals surface area (Å²) in [6.45, 7) is 1.32. The molecule has 0 aromatic heterocycles. The lowest BCUT2D eigenvalue weighted by Crippen LogP contribution is -2.39. The van der Waals surface area contributed by atoms with Gasteiger partial charge in [-0.2, -0.15) is 5.10 Å². The summed E-state index contributed by atoms with van der Waals surface area (Å²) >= 11 is 3.19. The van der Waals surface area contributed by atoms with E-state index < -0.39 is 22.5 Å². The number of halogens is 1. The Balaban J connectivity index is 2.20. The van der Waals surface area contributed by atoms with Crippen LogP contribution in [0.15, 0.2) is 39.9 Å². The van der Waals surface area contributed by atoms with Gasteiger partial charge in [-0.25, -0.2) is 13.8 Å². The molecule has 0 aliphatic rings. The predicted molar refractivity (Wildman–Crippen MR) is 118 cm³/mol. The number of hydrogen-bond donors (Lipinski definition) is 2. The third-order valence-corrected chi connectivity index (χ3v) is 5.70. The van der Waals surface area contributed by atoms with E-state index in [0.717, 1.165) is 16.1 Å². The van der Waals surface area contributed by atoms with Crippen LogP contribution in [0.3, 0.4) is 0 Å². The monoisotopic (exact) mass is 499 g/mol. The number of rotatable bonds is 8. The number of carbonyl (C=O) groups is 1. The van der Waals surface area contributed by atoms with Crippen molar-refractivity contribution < 1.29 is 27.8 Å². The van der Waals surface area contributed by atoms with Crippen LogP contribution in [0.1, 0.15) is 11.1 Å². The lowest BCUT2D eigenvalue weighted by molar-refractivity contribution is -0.119. The van der Waals surface area contributed by atoms with Crippen molar-refractivity contribution >= 4 is 43.8 Å². The average molecular weight is 500 g/mol. The number of benzene rings is 2. The van der Waals surface area contributed by atoms with Crippen molar-refractivity contribution in [2.75, 3.05) is 31.3 Å². The molecule has 0 aliphatic heterocycles. The smallest absolute Gasteiger partial charge is 0.260 e. The number of ether oxygens (including phenoxy) is 2. The molecule has 0 saturated carbocycles. The van der Waals surface area contributed by atoms with Gasteiger partial charge in [0.15, 0.2) is 11.5 Å². The number of nitrogens with one attached hydrogen (secondary N) is 1. The summed E-state index contributed by atoms with van der Waals surface area (Å²) in [5.74, 6) is -0.157. The molecule has 2 aromatic carbocycles. The van der Waals surface area contributed by atoms with E-state index in [-0.39, 0.29) is 17.2 Å². The van der Waals surface area contributed by atoms with Crippen molar-refractivity contribution in [2.24, 2.45) is 5.10 Å². The number of hydrazone groups is 1. The summed E-state index contributed by atoms with van der Waals surface area (Å²) in [7, 11) is -0.943. The van der Waals surface area contributed by atoms with Crippen molar-refractivity contribution in [1.82, 2.24) is 5.43 Å². The quantitative estimate of drug-likeness (QED) is 0.425. The topological polar surface area (TPSA) is 118 Å². The third-order valence-electron chi connectivity index (χ3n) is 3.96. The van der Waals surface area contributed by atoms with Crippen LogP contribution in [0.2, 0.25) is 0 Å². The van der Waals surface area contributed by atoms with Gasteiger partial charge in [-0.1, -0.05) is 6.07 Å². The van der Waals surface area contributed by atoms with Gasteiger partial charge in [0.1, 0.15) is 12.3 Å². The molecule has 2 aromatic rings. The van der Waals surface area contributed by atoms with E-state index in [1.807, 2.05) is 0 Å². The molecule has 0 fully saturated rings. The summed E-state index contributed by atoms with van der Waals surface area (Å²) in [5, 5.41) is 13.7. The first-order valence-corrected chi connectivity index (χ1v) is 11.2. The minimum Gasteiger partial charge on any atom is -0.503 e. The van der Waals surface area contributed by atoms with Gasteiger partial charge in [-0.15, -0.1) is 0 Å². The number of aryl methyl sites for hydroxylation is 1. The number of phenols is 1. The molecule has 2 rings (SSSR count). The zero-order valence-electron chi connectivity index (χ0n) is 16.8. The fourth-order valence-electron chi connectivity index (χ4n) is 2.54. The van der Waals surface area contributed by atoms with E-state index in [2.05, 4.69) is 26.5 Å². The Morgan fingerprint density at radius 2 is 1.90 bits per heavy atom. The van der Waals surface area contributed by atoms with Gasteiger partial charge in [0.25, 0.3) is 5.91 Å². The molecule has 30 heavy (non-hydrogen) atoms. The van der Waals surface area contributed by atoms with Crippen molar-refractivity contribution in [1.29, 1.82) is 0 Å². The van der Waals surface area contributed by atoms with Crippen molar-refractivity contribution in [2.45, 2.75) is 6.92 Å². The van der Waals surface area contributed by atoms with Gasteiger partial charge in [0, 0.05) is 0 Å². The minimum absolute atomic E-state index is 0.0606. The summed E-state index contributed by atoms with van der Waals surface area (Å²) in [4.78, 5) is 12.3. The third kappa shape index (κ3) is 5.86. The number of hydrogen-bond acceptors (Lipinski definition) is 7. The van der Waals surface area contributed by atoms with E-state index in [9.17, 15) is 18.3 Å². The summed E-state index contributed by atoms with van der Waals surface area (Å²) in [5.41, 5.74) is 3.90. The highest BCUT2D eigenvalue weighted by molar-refractivity contribution is 9.10. The van der Waals surface area contributed by atoms with Crippen LogP contribution in [0, 0.1) is 6.92 Å². The zero-order valence-corrected chi connectivity index (χ0v) is 19.2. The molecule has 9 nitrogen and oxygen atoms in total. The number of nitrogens with zero attached hydrogens (tertiary/aromatic N) is 2. The molecule has 0 aliphatic carbocycles. The maximum absolute atomic E-state index is 12.3. The van der Waals surface area contributed by atoms with Gasteiger partial charge in [-0.3, -0.25) is 9.10 Å². The summed E-state index contributed by atoms with van der Waals surface area (Å²) in [6, 6.07) is 8.13. The second kappa shape index (κ2) is 9.81. The minimum atomic E-state index is -3.77. The first-order valence-electron chi connectivity index (χ1n) is 8.57. The molecule has 0 saturated heterocycles. The molecule has 0 radical (unpaired) electrons. The Morgan fingerprint density at radius 3 is 2.50 bits per heavy atom. The van der Waals surface area contributed by atoms with Gasteiger partial charge in [0.05, 0.1) is 36.9 Å². The molecule has 1 amide bonds. The molecule has 0 unspecified atom stereocenters. The predicted octanol–water partition coefficient (Wildman–Crippen LogP) is 2.40. The number of amides is 1. The van der Waals surface area contributed by atoms with Gasteiger partial charge in [0.2, 0.25) is 10.0 Å². The van der Waals surface area contributed by atoms with Gasteiger partial charge >= 0.3 is 0 Å². The Morgan fingerprint density at radius 1 is 1.23 bits per heavy atom. The lowest BCUT2D eigenvalue weighted by Gasteiger charge is -2.23. The largest absolute Gasteiger partial charge is 0.503 e. The van der Waals surface area contributed by atoms with E-state index in [1.54, 1.807) is 31.2 Å². The second-order valence-electron chi connectivity index (χ2n) is 6.29. The van der Waals surface area contributed by atoms with Crippen LogP contribution < -0.4 is 19.2 Å². The maximum atomic E-state index is 12.3. The Labute approximate surface area is 183 Å². The normalized spacial score (nSPS) is 11.4. The number of anilines is 1. The highest BCUT2D eigenvalue weighted by Gasteiger charge is 2.24. The van der Waals surface area contributed by atoms with E-state index in [4.69, 9.17) is 9.47 Å². The number of aromatic hydroxyl groups is 1. The molecular weight excluding hydrogens is 478 g/mol. The fraction of sp³-hybridized carbons (Fsp3) is 0.263. The van der Waals surface area contributed by atoms with Crippen LogP contribution in [-0.2, 0) is 14.8 Å². The first-order chi connectivity index (χ1) is 14.1. The van der Waals surface area contributed by atoms with Crippen molar-refractivity contribution in [3.63, 3.8) is 0 Å². The molecule has 0 heterocycles. The van der Waals surface area contributed by atoms with Gasteiger partial charge < -0.3 is 14.6 Å². The van der Waals surface area contributed by atoms with E-state index in [1.165, 1.54) is 26.5 Å². The molecule has 162 valence electrons. The lowest BCUT2D eigenvalue weighted by atomic mass is 10.2. The van der Waals surface area contributed by atoms with E-state index >= 15 is 0 Å². The molecule has 0 bridgehead atoms. The van der Waals surface area contributed by atoms with Crippen LogP contribution in [0.25, 0.3) is 0 Å². The van der Waals surface area contributed by atoms with Crippen LogP contribution in [-0.4, -0.2) is 52.7 Å². The molecule has 0 spiro atoms. The van der Waals surface area contributed by atoms with Crippen molar-refractivity contribution in [3.8, 4) is 17.2 Å². The SMILES string of the molecule is COc1ccc(C)cc1N(CC(=O)N/N=C/c1cc(Br)c(O)c(OC)c1)S(C)(=O)=O. The fourth-order valence-corrected chi connectivity index (χ4v) is 3.86. The molecule has 0 atom stereocenters. The molecule has 11 heteroatoms. The van der Waals surface area contributed by atoms with E-state index in [0.29, 0.717) is 15.8 Å². The standard InChI is InChI=1S/C19H22BrN3O6S/c1-12-5-6-16(28-2)15(7-12)23(30(4,26)27)11-18(24)22-21-10-13-8-14(20)19(25)17(9-13)29-3/h5-10,25H,11H2,1-4H3,(H,22,24)/b21-10+. The average Bonchev–Trinajstić information content (AvgIpc) is 2.67. The number of methoxy groups -OCH3 is 2. The summed E-state index contributed by atoms with van der Waals surface area (Å²) < 4.78 is 36.2. The van der Waals surface area contributed by atoms with Gasteiger partial charge in [-0.05, 0) is 58.2 Å². The first kappa shape index (κ1) is 23.5. The highest BCUT2D eigenvalue weighted by Crippen LogP contribution is 2.34. The number of carbonyl (C=O) groups excluding carboxylic acids is 1. The van der Waals surface area contributed by atoms with Crippen LogP contribution >= 0.6 is 15.9 Å². The Kier molecular flexibility index (Phi) is 7.68. The number of phenolic OH excluding ortho intramolecular Hbond substituents is 1. The second-order valence-corrected chi connectivity index (χ2v) is 9.05. The Hall–Kier alpha value is -2.79. The van der Waals surface area contributed by atoms with Crippen LogP contribution in [0.4, 0.5) is 5.69 Å².